The zero-order chi connectivity index (χ0) is 14.3. The zero-order valence-corrected chi connectivity index (χ0v) is 12.0. The largest absolute Gasteiger partial charge is 0.320 e. The maximum absolute atomic E-state index is 11.7. The fourth-order valence-electron chi connectivity index (χ4n) is 1.49. The smallest absolute Gasteiger partial charge is 0.299 e. The molecule has 0 saturated carbocycles. The van der Waals surface area contributed by atoms with Crippen LogP contribution in [0.3, 0.4) is 0 Å². The Hall–Kier alpha value is -1.55. The first-order valence-corrected chi connectivity index (χ1v) is 7.53. The molecule has 0 aliphatic rings. The van der Waals surface area contributed by atoms with Gasteiger partial charge in [0.2, 0.25) is 0 Å². The molecule has 1 aromatic rings. The average molecular weight is 281 g/mol. The average Bonchev–Trinajstić information content (AvgIpc) is 2.32. The third-order valence-electron chi connectivity index (χ3n) is 2.21. The summed E-state index contributed by atoms with van der Waals surface area (Å²) in [7, 11) is -3.52. The van der Waals surface area contributed by atoms with Gasteiger partial charge in [0.25, 0.3) is 10.2 Å². The Morgan fingerprint density at radius 1 is 1.32 bits per heavy atom. The number of hydrogen-bond acceptors (Lipinski definition) is 3. The maximum Gasteiger partial charge on any atom is 0.299 e. The highest BCUT2D eigenvalue weighted by Gasteiger charge is 2.08. The van der Waals surface area contributed by atoms with Crippen molar-refractivity contribution in [1.82, 2.24) is 4.72 Å². The number of nitrogens with one attached hydrogen (secondary N) is 2. The molecule has 0 spiro atoms. The quantitative estimate of drug-likeness (QED) is 0.703. The number of hydrogen-bond donors (Lipinski definition) is 3. The van der Waals surface area contributed by atoms with Gasteiger partial charge in [-0.15, -0.1) is 0 Å². The summed E-state index contributed by atoms with van der Waals surface area (Å²) in [5.74, 6) is 5.63. The van der Waals surface area contributed by atoms with E-state index in [2.05, 4.69) is 21.3 Å². The summed E-state index contributed by atoms with van der Waals surface area (Å²) in [6, 6.07) is 5.31. The Morgan fingerprint density at radius 2 is 2.05 bits per heavy atom. The molecule has 19 heavy (non-hydrogen) atoms. The molecule has 0 heterocycles. The van der Waals surface area contributed by atoms with Gasteiger partial charge >= 0.3 is 0 Å². The predicted octanol–water partition coefficient (Wildman–Crippen LogP) is 0.962. The van der Waals surface area contributed by atoms with Crippen LogP contribution in [0.25, 0.3) is 0 Å². The summed E-state index contributed by atoms with van der Waals surface area (Å²) in [5, 5.41) is 0. The van der Waals surface area contributed by atoms with E-state index in [9.17, 15) is 8.42 Å². The monoisotopic (exact) mass is 281 g/mol. The molecule has 6 heteroatoms. The van der Waals surface area contributed by atoms with Crippen LogP contribution in [0.5, 0.6) is 0 Å². The summed E-state index contributed by atoms with van der Waals surface area (Å²) in [6.45, 7) is 4.45. The normalized spacial score (nSPS) is 10.7. The number of rotatable bonds is 5. The van der Waals surface area contributed by atoms with Crippen molar-refractivity contribution >= 4 is 15.9 Å². The molecular formula is C13H19N3O2S. The van der Waals surface area contributed by atoms with E-state index in [1.807, 2.05) is 19.9 Å². The second-order valence-electron chi connectivity index (χ2n) is 4.09. The second-order valence-corrected chi connectivity index (χ2v) is 5.59. The first-order chi connectivity index (χ1) is 8.96. The lowest BCUT2D eigenvalue weighted by Gasteiger charge is -2.09. The van der Waals surface area contributed by atoms with Crippen LogP contribution in [0, 0.1) is 18.8 Å². The lowest BCUT2D eigenvalue weighted by molar-refractivity contribution is 0.586. The molecule has 0 saturated heterocycles. The first-order valence-electron chi connectivity index (χ1n) is 6.05. The van der Waals surface area contributed by atoms with E-state index in [1.165, 1.54) is 0 Å². The summed E-state index contributed by atoms with van der Waals surface area (Å²) < 4.78 is 28.4. The van der Waals surface area contributed by atoms with Crippen LogP contribution in [-0.2, 0) is 10.2 Å². The first kappa shape index (κ1) is 15.5. The Labute approximate surface area is 114 Å². The van der Waals surface area contributed by atoms with E-state index in [0.29, 0.717) is 12.2 Å². The van der Waals surface area contributed by atoms with Gasteiger partial charge in [0, 0.05) is 12.1 Å². The molecule has 1 aromatic carbocycles. The highest BCUT2D eigenvalue weighted by atomic mass is 32.2. The molecule has 0 aromatic heterocycles. The van der Waals surface area contributed by atoms with Gasteiger partial charge in [0.15, 0.2) is 0 Å². The summed E-state index contributed by atoms with van der Waals surface area (Å²) >= 11 is 0. The summed E-state index contributed by atoms with van der Waals surface area (Å²) in [6.07, 6.45) is 0.738. The van der Waals surface area contributed by atoms with Crippen LogP contribution < -0.4 is 15.2 Å². The SMILES string of the molecule is CCCNS(=O)(=O)Nc1cc(C)cc(C#CCN)c1. The van der Waals surface area contributed by atoms with Crippen LogP contribution >= 0.6 is 0 Å². The van der Waals surface area contributed by atoms with Gasteiger partial charge < -0.3 is 5.73 Å². The van der Waals surface area contributed by atoms with Gasteiger partial charge in [-0.25, -0.2) is 0 Å². The predicted molar refractivity (Wildman–Crippen MR) is 77.9 cm³/mol. The number of aryl methyl sites for hydroxylation is 1. The zero-order valence-electron chi connectivity index (χ0n) is 11.2. The Balaban J connectivity index is 2.92. The molecule has 0 amide bonds. The van der Waals surface area contributed by atoms with Crippen LogP contribution in [0.15, 0.2) is 18.2 Å². The van der Waals surface area contributed by atoms with Crippen molar-refractivity contribution in [2.24, 2.45) is 5.73 Å². The van der Waals surface area contributed by atoms with E-state index < -0.39 is 10.2 Å². The second kappa shape index (κ2) is 7.14. The Morgan fingerprint density at radius 3 is 2.68 bits per heavy atom. The van der Waals surface area contributed by atoms with E-state index >= 15 is 0 Å². The fraction of sp³-hybridized carbons (Fsp3) is 0.385. The highest BCUT2D eigenvalue weighted by molar-refractivity contribution is 7.90. The number of benzene rings is 1. The van der Waals surface area contributed by atoms with Gasteiger partial charge in [-0.3, -0.25) is 4.72 Å². The molecule has 5 nitrogen and oxygen atoms in total. The molecule has 0 bridgehead atoms. The van der Waals surface area contributed by atoms with Crippen LogP contribution in [-0.4, -0.2) is 21.5 Å². The topological polar surface area (TPSA) is 84.2 Å². The highest BCUT2D eigenvalue weighted by Crippen LogP contribution is 2.14. The van der Waals surface area contributed by atoms with Gasteiger partial charge in [0.1, 0.15) is 0 Å². The van der Waals surface area contributed by atoms with E-state index in [4.69, 9.17) is 5.73 Å². The third kappa shape index (κ3) is 5.75. The summed E-state index contributed by atoms with van der Waals surface area (Å²) in [4.78, 5) is 0. The number of anilines is 1. The molecule has 104 valence electrons. The van der Waals surface area contributed by atoms with Crippen molar-refractivity contribution in [3.63, 3.8) is 0 Å². The van der Waals surface area contributed by atoms with Crippen LogP contribution in [0.2, 0.25) is 0 Å². The standard InChI is InChI=1S/C13H19N3O2S/c1-3-7-15-19(17,18)16-13-9-11(2)8-12(10-13)5-4-6-14/h8-10,15-16H,3,6-7,14H2,1-2H3. The molecule has 0 fully saturated rings. The van der Waals surface area contributed by atoms with Gasteiger partial charge in [0.05, 0.1) is 12.2 Å². The minimum atomic E-state index is -3.52. The van der Waals surface area contributed by atoms with Crippen LogP contribution in [0.4, 0.5) is 5.69 Å². The minimum absolute atomic E-state index is 0.271. The van der Waals surface area contributed by atoms with Crippen LogP contribution in [0.1, 0.15) is 24.5 Å². The van der Waals surface area contributed by atoms with Crippen molar-refractivity contribution in [1.29, 1.82) is 0 Å². The molecule has 0 radical (unpaired) electrons. The van der Waals surface area contributed by atoms with Gasteiger partial charge in [-0.05, 0) is 37.1 Å². The lowest BCUT2D eigenvalue weighted by atomic mass is 10.1. The van der Waals surface area contributed by atoms with Gasteiger partial charge in [-0.2, -0.15) is 13.1 Å². The Kier molecular flexibility index (Phi) is 5.83. The van der Waals surface area contributed by atoms with Gasteiger partial charge in [-0.1, -0.05) is 18.8 Å². The third-order valence-corrected chi connectivity index (χ3v) is 3.30. The molecular weight excluding hydrogens is 262 g/mol. The van der Waals surface area contributed by atoms with Crippen molar-refractivity contribution in [3.05, 3.63) is 29.3 Å². The summed E-state index contributed by atoms with van der Waals surface area (Å²) in [5.41, 5.74) is 7.47. The van der Waals surface area contributed by atoms with E-state index in [1.54, 1.807) is 12.1 Å². The van der Waals surface area contributed by atoms with E-state index in [-0.39, 0.29) is 6.54 Å². The molecule has 1 rings (SSSR count). The van der Waals surface area contributed by atoms with Crippen molar-refractivity contribution in [2.75, 3.05) is 17.8 Å². The fourth-order valence-corrected chi connectivity index (χ4v) is 2.47. The molecule has 0 aliphatic carbocycles. The van der Waals surface area contributed by atoms with Crippen molar-refractivity contribution in [2.45, 2.75) is 20.3 Å². The van der Waals surface area contributed by atoms with Crippen molar-refractivity contribution in [3.8, 4) is 11.8 Å². The number of nitrogens with two attached hydrogens (primary N) is 1. The molecule has 0 unspecified atom stereocenters. The maximum atomic E-state index is 11.7. The molecule has 0 atom stereocenters. The Bertz CT molecular complexity index is 586. The molecule has 0 aliphatic heterocycles. The lowest BCUT2D eigenvalue weighted by Crippen LogP contribution is -2.30. The minimum Gasteiger partial charge on any atom is -0.320 e. The van der Waals surface area contributed by atoms with E-state index in [0.717, 1.165) is 17.5 Å². The molecule has 4 N–H and O–H groups in total. The van der Waals surface area contributed by atoms with Crippen molar-refractivity contribution < 1.29 is 8.42 Å².